The zero-order valence-electron chi connectivity index (χ0n) is 19.7. The number of aliphatic hydroxyl groups excluding tert-OH is 1. The Morgan fingerprint density at radius 3 is 2.65 bits per heavy atom. The van der Waals surface area contributed by atoms with E-state index in [1.807, 2.05) is 24.4 Å². The first-order valence-corrected chi connectivity index (χ1v) is 12.3. The maximum Gasteiger partial charge on any atom is 0.274 e. The van der Waals surface area contributed by atoms with Crippen LogP contribution in [-0.4, -0.2) is 37.7 Å². The number of hydrogen-bond acceptors (Lipinski definition) is 5. The standard InChI is InChI=1S/C26H32N4O4/c1-16(2)34-23-12-24-27-22(18-7-5-17(15-31)6-8-18)14-29(24)13-20(23)25(32)28-21-4-3-11-30(26(21)33)19-9-10-19/h3-4,11-14,16-19,31H,5-10,15H2,1-2H3,(H,28,32). The number of hydrogen-bond donors (Lipinski definition) is 2. The number of aromatic nitrogens is 3. The van der Waals surface area contributed by atoms with E-state index in [-0.39, 0.29) is 35.9 Å². The largest absolute Gasteiger partial charge is 0.490 e. The maximum atomic E-state index is 13.3. The summed E-state index contributed by atoms with van der Waals surface area (Å²) in [5.41, 5.74) is 2.16. The third-order valence-electron chi connectivity index (χ3n) is 6.87. The van der Waals surface area contributed by atoms with Gasteiger partial charge < -0.3 is 24.1 Å². The summed E-state index contributed by atoms with van der Waals surface area (Å²) in [6.07, 6.45) is 11.4. The molecule has 2 aliphatic carbocycles. The molecule has 2 N–H and O–H groups in total. The normalized spacial score (nSPS) is 20.6. The molecule has 0 unspecified atom stereocenters. The number of pyridine rings is 2. The molecule has 0 aliphatic heterocycles. The molecule has 2 saturated carbocycles. The zero-order chi connectivity index (χ0) is 23.8. The topological polar surface area (TPSA) is 97.9 Å². The first-order chi connectivity index (χ1) is 16.4. The molecular weight excluding hydrogens is 432 g/mol. The number of ether oxygens (including phenoxy) is 1. The number of aliphatic hydroxyl groups is 1. The summed E-state index contributed by atoms with van der Waals surface area (Å²) >= 11 is 0. The molecule has 2 fully saturated rings. The van der Waals surface area contributed by atoms with Gasteiger partial charge in [-0.1, -0.05) is 0 Å². The molecule has 0 aromatic carbocycles. The van der Waals surface area contributed by atoms with E-state index < -0.39 is 0 Å². The Morgan fingerprint density at radius 1 is 1.21 bits per heavy atom. The summed E-state index contributed by atoms with van der Waals surface area (Å²) in [5.74, 6) is 0.790. The van der Waals surface area contributed by atoms with Crippen molar-refractivity contribution in [3.63, 3.8) is 0 Å². The Bertz CT molecular complexity index is 1250. The van der Waals surface area contributed by atoms with Crippen molar-refractivity contribution in [3.8, 4) is 5.75 Å². The van der Waals surface area contributed by atoms with E-state index >= 15 is 0 Å². The molecule has 3 heterocycles. The van der Waals surface area contributed by atoms with Gasteiger partial charge in [-0.05, 0) is 70.4 Å². The van der Waals surface area contributed by atoms with Crippen LogP contribution >= 0.6 is 0 Å². The highest BCUT2D eigenvalue weighted by Gasteiger charge is 2.27. The average Bonchev–Trinajstić information content (AvgIpc) is 3.58. The third-order valence-corrected chi connectivity index (χ3v) is 6.87. The van der Waals surface area contributed by atoms with Gasteiger partial charge in [0.05, 0.1) is 17.4 Å². The number of carbonyl (C=O) groups is 1. The lowest BCUT2D eigenvalue weighted by Crippen LogP contribution is -2.25. The second-order valence-electron chi connectivity index (χ2n) is 9.87. The predicted octanol–water partition coefficient (Wildman–Crippen LogP) is 4.14. The minimum atomic E-state index is -0.387. The predicted molar refractivity (Wildman–Crippen MR) is 130 cm³/mol. The van der Waals surface area contributed by atoms with Crippen molar-refractivity contribution in [1.29, 1.82) is 0 Å². The van der Waals surface area contributed by atoms with E-state index in [0.29, 0.717) is 23.1 Å². The molecule has 5 rings (SSSR count). The summed E-state index contributed by atoms with van der Waals surface area (Å²) in [7, 11) is 0. The monoisotopic (exact) mass is 464 g/mol. The minimum absolute atomic E-state index is 0.124. The number of amides is 1. The van der Waals surface area contributed by atoms with Crippen LogP contribution in [-0.2, 0) is 0 Å². The molecule has 0 spiro atoms. The van der Waals surface area contributed by atoms with Gasteiger partial charge in [-0.3, -0.25) is 9.59 Å². The van der Waals surface area contributed by atoms with Crippen molar-refractivity contribution in [3.05, 3.63) is 58.4 Å². The van der Waals surface area contributed by atoms with Crippen LogP contribution in [0.5, 0.6) is 5.75 Å². The summed E-state index contributed by atoms with van der Waals surface area (Å²) in [6.45, 7) is 4.07. The molecule has 3 aromatic rings. The van der Waals surface area contributed by atoms with Gasteiger partial charge in [0.1, 0.15) is 17.1 Å². The van der Waals surface area contributed by atoms with Crippen LogP contribution in [0.25, 0.3) is 5.65 Å². The third kappa shape index (κ3) is 4.59. The first kappa shape index (κ1) is 22.7. The molecule has 0 radical (unpaired) electrons. The Labute approximate surface area is 198 Å². The SMILES string of the molecule is CC(C)Oc1cc2nc(C3CCC(CO)CC3)cn2cc1C(=O)Nc1cccn(C2CC2)c1=O. The molecular formula is C26H32N4O4. The quantitative estimate of drug-likeness (QED) is 0.548. The van der Waals surface area contributed by atoms with Gasteiger partial charge in [-0.25, -0.2) is 4.98 Å². The van der Waals surface area contributed by atoms with Crippen molar-refractivity contribution in [2.24, 2.45) is 5.92 Å². The molecule has 180 valence electrons. The first-order valence-electron chi connectivity index (χ1n) is 12.3. The maximum absolute atomic E-state index is 13.3. The molecule has 0 saturated heterocycles. The summed E-state index contributed by atoms with van der Waals surface area (Å²) < 4.78 is 9.53. The number of nitrogens with zero attached hydrogens (tertiary/aromatic N) is 3. The number of fused-ring (bicyclic) bond motifs is 1. The van der Waals surface area contributed by atoms with Gasteiger partial charge in [0.15, 0.2) is 0 Å². The van der Waals surface area contributed by atoms with Crippen LogP contribution in [0.2, 0.25) is 0 Å². The molecule has 8 nitrogen and oxygen atoms in total. The van der Waals surface area contributed by atoms with E-state index in [1.165, 1.54) is 0 Å². The average molecular weight is 465 g/mol. The second-order valence-corrected chi connectivity index (χ2v) is 9.87. The van der Waals surface area contributed by atoms with Gasteiger partial charge in [0.25, 0.3) is 11.5 Å². The molecule has 1 amide bonds. The van der Waals surface area contributed by atoms with Crippen LogP contribution in [0.1, 0.15) is 80.4 Å². The lowest BCUT2D eigenvalue weighted by atomic mass is 9.81. The lowest BCUT2D eigenvalue weighted by molar-refractivity contribution is 0.102. The molecule has 8 heteroatoms. The van der Waals surface area contributed by atoms with Crippen molar-refractivity contribution in [2.45, 2.75) is 70.4 Å². The lowest BCUT2D eigenvalue weighted by Gasteiger charge is -2.25. The zero-order valence-corrected chi connectivity index (χ0v) is 19.7. The van der Waals surface area contributed by atoms with Crippen LogP contribution in [0.15, 0.2) is 41.6 Å². The Morgan fingerprint density at radius 2 is 1.97 bits per heavy atom. The van der Waals surface area contributed by atoms with E-state index in [0.717, 1.165) is 49.9 Å². The fraction of sp³-hybridized carbons (Fsp3) is 0.500. The highest BCUT2D eigenvalue weighted by Crippen LogP contribution is 2.36. The Balaban J connectivity index is 1.45. The van der Waals surface area contributed by atoms with E-state index in [1.54, 1.807) is 35.2 Å². The van der Waals surface area contributed by atoms with Crippen LogP contribution in [0.3, 0.4) is 0 Å². The van der Waals surface area contributed by atoms with Gasteiger partial charge in [0.2, 0.25) is 0 Å². The number of anilines is 1. The van der Waals surface area contributed by atoms with Crippen LogP contribution in [0.4, 0.5) is 5.69 Å². The van der Waals surface area contributed by atoms with E-state index in [2.05, 4.69) is 5.32 Å². The molecule has 3 aromatic heterocycles. The second kappa shape index (κ2) is 9.25. The van der Waals surface area contributed by atoms with Crippen molar-refractivity contribution >= 4 is 17.2 Å². The van der Waals surface area contributed by atoms with E-state index in [9.17, 15) is 14.7 Å². The molecule has 2 aliphatic rings. The minimum Gasteiger partial charge on any atom is -0.490 e. The Kier molecular flexibility index (Phi) is 6.16. The fourth-order valence-corrected chi connectivity index (χ4v) is 4.83. The van der Waals surface area contributed by atoms with Gasteiger partial charge >= 0.3 is 0 Å². The summed E-state index contributed by atoms with van der Waals surface area (Å²) in [6, 6.07) is 5.46. The number of imidazole rings is 1. The smallest absolute Gasteiger partial charge is 0.274 e. The van der Waals surface area contributed by atoms with Crippen LogP contribution in [0, 0.1) is 5.92 Å². The Hall–Kier alpha value is -3.13. The number of carbonyl (C=O) groups excluding carboxylic acids is 1. The highest BCUT2D eigenvalue weighted by atomic mass is 16.5. The molecule has 0 atom stereocenters. The van der Waals surface area contributed by atoms with Gasteiger partial charge in [-0.15, -0.1) is 0 Å². The summed E-state index contributed by atoms with van der Waals surface area (Å²) in [5, 5.41) is 12.2. The van der Waals surface area contributed by atoms with Crippen molar-refractivity contribution < 1.29 is 14.6 Å². The van der Waals surface area contributed by atoms with Crippen LogP contribution < -0.4 is 15.6 Å². The van der Waals surface area contributed by atoms with E-state index in [4.69, 9.17) is 9.72 Å². The summed E-state index contributed by atoms with van der Waals surface area (Å²) in [4.78, 5) is 30.9. The molecule has 0 bridgehead atoms. The van der Waals surface area contributed by atoms with Crippen molar-refractivity contribution in [2.75, 3.05) is 11.9 Å². The molecule has 34 heavy (non-hydrogen) atoms. The van der Waals surface area contributed by atoms with Crippen molar-refractivity contribution in [1.82, 2.24) is 14.0 Å². The van der Waals surface area contributed by atoms with Gasteiger partial charge in [-0.2, -0.15) is 0 Å². The number of rotatable bonds is 7. The highest BCUT2D eigenvalue weighted by molar-refractivity contribution is 6.06. The van der Waals surface area contributed by atoms with Gasteiger partial charge in [0, 0.05) is 43.2 Å². The number of nitrogens with one attached hydrogen (secondary N) is 1. The fourth-order valence-electron chi connectivity index (χ4n) is 4.83.